The number of ether oxygens (including phenoxy) is 3. The Balaban J connectivity index is 1.85. The molecule has 0 bridgehead atoms. The van der Waals surface area contributed by atoms with Crippen LogP contribution in [0.25, 0.3) is 6.08 Å². The van der Waals surface area contributed by atoms with E-state index in [1.54, 1.807) is 48.5 Å². The van der Waals surface area contributed by atoms with Crippen molar-refractivity contribution in [2.75, 3.05) is 25.2 Å². The molecule has 1 saturated heterocycles. The van der Waals surface area contributed by atoms with Gasteiger partial charge < -0.3 is 14.2 Å². The summed E-state index contributed by atoms with van der Waals surface area (Å²) in [7, 11) is 1.27. The van der Waals surface area contributed by atoms with E-state index in [0.29, 0.717) is 34.4 Å². The van der Waals surface area contributed by atoms with Crippen LogP contribution in [-0.2, 0) is 14.3 Å². The summed E-state index contributed by atoms with van der Waals surface area (Å²) < 4.78 is 15.6. The van der Waals surface area contributed by atoms with Crippen LogP contribution >= 0.6 is 23.4 Å². The van der Waals surface area contributed by atoms with Gasteiger partial charge in [0.15, 0.2) is 18.1 Å². The summed E-state index contributed by atoms with van der Waals surface area (Å²) in [5.41, 5.74) is 1.05. The number of carbonyl (C=O) groups excluding carboxylic acids is 3. The lowest BCUT2D eigenvalue weighted by Crippen LogP contribution is -2.27. The maximum absolute atomic E-state index is 12.8. The van der Waals surface area contributed by atoms with Crippen LogP contribution in [0.2, 0.25) is 5.02 Å². The first-order valence-corrected chi connectivity index (χ1v) is 10.1. The van der Waals surface area contributed by atoms with Crippen LogP contribution in [0.15, 0.2) is 47.4 Å². The highest BCUT2D eigenvalue weighted by atomic mass is 35.5. The number of hydrogen-bond acceptors (Lipinski definition) is 7. The molecule has 0 N–H and O–H groups in total. The number of halogens is 1. The Kier molecular flexibility index (Phi) is 7.02. The molecule has 1 heterocycles. The van der Waals surface area contributed by atoms with Crippen molar-refractivity contribution in [1.29, 1.82) is 0 Å². The van der Waals surface area contributed by atoms with E-state index >= 15 is 0 Å². The summed E-state index contributed by atoms with van der Waals surface area (Å²) in [6.07, 6.45) is 1.60. The van der Waals surface area contributed by atoms with Gasteiger partial charge in [0.2, 0.25) is 0 Å². The summed E-state index contributed by atoms with van der Waals surface area (Å²) in [4.78, 5) is 37.8. The van der Waals surface area contributed by atoms with Crippen molar-refractivity contribution in [3.8, 4) is 11.5 Å². The molecular weight excluding hydrogens is 430 g/mol. The molecule has 2 amide bonds. The summed E-state index contributed by atoms with van der Waals surface area (Å²) in [5, 5.41) is 0.0241. The van der Waals surface area contributed by atoms with E-state index in [2.05, 4.69) is 4.74 Å². The zero-order valence-electron chi connectivity index (χ0n) is 16.2. The molecule has 30 heavy (non-hydrogen) atoms. The third-order valence-electron chi connectivity index (χ3n) is 4.00. The van der Waals surface area contributed by atoms with E-state index in [1.807, 2.05) is 6.92 Å². The van der Waals surface area contributed by atoms with Crippen LogP contribution in [0.3, 0.4) is 0 Å². The van der Waals surface area contributed by atoms with Gasteiger partial charge in [0, 0.05) is 5.02 Å². The number of thioether (sulfide) groups is 1. The zero-order chi connectivity index (χ0) is 21.7. The Morgan fingerprint density at radius 3 is 2.63 bits per heavy atom. The fourth-order valence-corrected chi connectivity index (χ4v) is 3.68. The molecule has 1 aliphatic heterocycles. The standard InChI is InChI=1S/C21H18ClNO6S/c1-3-28-17-9-13(7-8-16(17)29-12-19(24)27-2)10-18-20(25)23(21(26)30-18)15-6-4-5-14(22)11-15/h4-11H,3,12H2,1-2H3. The molecular formula is C21H18ClNO6S. The predicted molar refractivity (Wildman–Crippen MR) is 115 cm³/mol. The van der Waals surface area contributed by atoms with Crippen LogP contribution in [0.5, 0.6) is 11.5 Å². The minimum atomic E-state index is -0.517. The molecule has 2 aromatic rings. The molecule has 0 radical (unpaired) electrons. The van der Waals surface area contributed by atoms with E-state index in [0.717, 1.165) is 16.7 Å². The van der Waals surface area contributed by atoms with Crippen molar-refractivity contribution in [3.63, 3.8) is 0 Å². The van der Waals surface area contributed by atoms with E-state index in [-0.39, 0.29) is 11.5 Å². The van der Waals surface area contributed by atoms with Gasteiger partial charge >= 0.3 is 5.97 Å². The van der Waals surface area contributed by atoms with Gasteiger partial charge in [-0.15, -0.1) is 0 Å². The van der Waals surface area contributed by atoms with Gasteiger partial charge in [-0.25, -0.2) is 9.69 Å². The number of rotatable bonds is 7. The number of carbonyl (C=O) groups is 3. The summed E-state index contributed by atoms with van der Waals surface area (Å²) in [6.45, 7) is 1.94. The summed E-state index contributed by atoms with van der Waals surface area (Å²) in [6, 6.07) is 11.5. The van der Waals surface area contributed by atoms with Crippen LogP contribution in [0.1, 0.15) is 12.5 Å². The van der Waals surface area contributed by atoms with Gasteiger partial charge in [0.1, 0.15) is 0 Å². The third-order valence-corrected chi connectivity index (χ3v) is 5.10. The van der Waals surface area contributed by atoms with E-state index in [1.165, 1.54) is 7.11 Å². The lowest BCUT2D eigenvalue weighted by Gasteiger charge is -2.13. The minimum absolute atomic E-state index is 0.256. The number of methoxy groups -OCH3 is 1. The maximum atomic E-state index is 12.8. The predicted octanol–water partition coefficient (Wildman–Crippen LogP) is 4.53. The Hall–Kier alpha value is -2.97. The molecule has 3 rings (SSSR count). The molecule has 156 valence electrons. The molecule has 7 nitrogen and oxygen atoms in total. The SMILES string of the molecule is CCOc1cc(C=C2SC(=O)N(c3cccc(Cl)c3)C2=O)ccc1OCC(=O)OC. The summed E-state index contributed by atoms with van der Waals surface area (Å²) in [5.74, 6) is -0.178. The lowest BCUT2D eigenvalue weighted by atomic mass is 10.1. The number of anilines is 1. The topological polar surface area (TPSA) is 82.1 Å². The van der Waals surface area contributed by atoms with Crippen LogP contribution in [0.4, 0.5) is 10.5 Å². The van der Waals surface area contributed by atoms with Gasteiger partial charge in [0.05, 0.1) is 24.3 Å². The van der Waals surface area contributed by atoms with Crippen molar-refractivity contribution >= 4 is 52.2 Å². The van der Waals surface area contributed by atoms with E-state index in [9.17, 15) is 14.4 Å². The first-order chi connectivity index (χ1) is 14.4. The quantitative estimate of drug-likeness (QED) is 0.455. The first-order valence-electron chi connectivity index (χ1n) is 8.93. The van der Waals surface area contributed by atoms with Crippen molar-refractivity contribution in [2.45, 2.75) is 6.92 Å². The van der Waals surface area contributed by atoms with Crippen molar-refractivity contribution < 1.29 is 28.6 Å². The van der Waals surface area contributed by atoms with Crippen molar-refractivity contribution in [3.05, 3.63) is 58.0 Å². The molecule has 0 saturated carbocycles. The smallest absolute Gasteiger partial charge is 0.343 e. The third kappa shape index (κ3) is 4.95. The van der Waals surface area contributed by atoms with Crippen molar-refractivity contribution in [2.24, 2.45) is 0 Å². The Morgan fingerprint density at radius 2 is 1.93 bits per heavy atom. The molecule has 1 aliphatic rings. The molecule has 0 aliphatic carbocycles. The number of imide groups is 1. The highest BCUT2D eigenvalue weighted by molar-refractivity contribution is 8.19. The van der Waals surface area contributed by atoms with Gasteiger partial charge in [-0.3, -0.25) is 9.59 Å². The fourth-order valence-electron chi connectivity index (χ4n) is 2.65. The molecule has 0 aromatic heterocycles. The summed E-state index contributed by atoms with van der Waals surface area (Å²) >= 11 is 6.82. The van der Waals surface area contributed by atoms with E-state index < -0.39 is 17.1 Å². The second-order valence-corrected chi connectivity index (χ2v) is 7.43. The molecule has 9 heteroatoms. The second kappa shape index (κ2) is 9.69. The Bertz CT molecular complexity index is 1020. The van der Waals surface area contributed by atoms with Crippen LogP contribution in [-0.4, -0.2) is 37.4 Å². The van der Waals surface area contributed by atoms with Crippen molar-refractivity contribution in [1.82, 2.24) is 0 Å². The lowest BCUT2D eigenvalue weighted by molar-refractivity contribution is -0.142. The Labute approximate surface area is 182 Å². The monoisotopic (exact) mass is 447 g/mol. The zero-order valence-corrected chi connectivity index (χ0v) is 17.8. The average molecular weight is 448 g/mol. The largest absolute Gasteiger partial charge is 0.490 e. The highest BCUT2D eigenvalue weighted by Crippen LogP contribution is 2.37. The maximum Gasteiger partial charge on any atom is 0.343 e. The number of hydrogen-bond donors (Lipinski definition) is 0. The van der Waals surface area contributed by atoms with Gasteiger partial charge in [0.25, 0.3) is 11.1 Å². The second-order valence-electron chi connectivity index (χ2n) is 6.00. The fraction of sp³-hybridized carbons (Fsp3) is 0.190. The van der Waals surface area contributed by atoms with Gasteiger partial charge in [-0.1, -0.05) is 23.7 Å². The molecule has 1 fully saturated rings. The average Bonchev–Trinajstić information content (AvgIpc) is 3.00. The first kappa shape index (κ1) is 21.7. The highest BCUT2D eigenvalue weighted by Gasteiger charge is 2.36. The van der Waals surface area contributed by atoms with E-state index in [4.69, 9.17) is 21.1 Å². The number of benzene rings is 2. The van der Waals surface area contributed by atoms with Crippen LogP contribution in [0, 0.1) is 0 Å². The molecule has 2 aromatic carbocycles. The normalized spacial score (nSPS) is 14.9. The molecule has 0 atom stereocenters. The van der Waals surface area contributed by atoms with Gasteiger partial charge in [-0.2, -0.15) is 0 Å². The molecule has 0 unspecified atom stereocenters. The minimum Gasteiger partial charge on any atom is -0.490 e. The molecule has 0 spiro atoms. The van der Waals surface area contributed by atoms with Gasteiger partial charge in [-0.05, 0) is 60.7 Å². The number of amides is 2. The van der Waals surface area contributed by atoms with Crippen LogP contribution < -0.4 is 14.4 Å². The Morgan fingerprint density at radius 1 is 1.13 bits per heavy atom. The number of nitrogens with zero attached hydrogens (tertiary/aromatic N) is 1. The number of esters is 1.